The smallest absolute Gasteiger partial charge is 0.169 e. The molecular formula is C23H14F6. The van der Waals surface area contributed by atoms with Gasteiger partial charge in [-0.25, -0.2) is 0 Å². The quantitative estimate of drug-likeness (QED) is 0.305. The van der Waals surface area contributed by atoms with Crippen molar-refractivity contribution >= 4 is 21.5 Å². The molecule has 0 bridgehead atoms. The van der Waals surface area contributed by atoms with Gasteiger partial charge in [0.1, 0.15) is 0 Å². The van der Waals surface area contributed by atoms with Gasteiger partial charge in [0.05, 0.1) is 0 Å². The van der Waals surface area contributed by atoms with Crippen molar-refractivity contribution in [2.24, 2.45) is 0 Å². The van der Waals surface area contributed by atoms with Crippen LogP contribution in [0.15, 0.2) is 84.9 Å². The highest BCUT2D eigenvalue weighted by Gasteiger charge is 2.72. The fraction of sp³-hybridized carbons (Fsp3) is 0.130. The van der Waals surface area contributed by atoms with Crippen LogP contribution in [0.25, 0.3) is 21.5 Å². The first-order valence-corrected chi connectivity index (χ1v) is 8.76. The van der Waals surface area contributed by atoms with Crippen molar-refractivity contribution < 1.29 is 26.3 Å². The van der Waals surface area contributed by atoms with Crippen LogP contribution in [0.3, 0.4) is 0 Å². The van der Waals surface area contributed by atoms with Crippen molar-refractivity contribution in [1.29, 1.82) is 0 Å². The molecule has 0 spiro atoms. The molecule has 0 nitrogen and oxygen atoms in total. The second kappa shape index (κ2) is 6.51. The highest BCUT2D eigenvalue weighted by atomic mass is 19.4. The summed E-state index contributed by atoms with van der Waals surface area (Å²) in [6.07, 6.45) is -11.2. The van der Waals surface area contributed by atoms with Gasteiger partial charge in [-0.05, 0) is 44.8 Å². The van der Waals surface area contributed by atoms with Gasteiger partial charge in [-0.1, -0.05) is 72.8 Å². The zero-order valence-electron chi connectivity index (χ0n) is 14.9. The van der Waals surface area contributed by atoms with Crippen LogP contribution >= 0.6 is 0 Å². The van der Waals surface area contributed by atoms with Crippen LogP contribution in [-0.2, 0) is 5.41 Å². The van der Waals surface area contributed by atoms with E-state index in [9.17, 15) is 26.3 Å². The zero-order chi connectivity index (χ0) is 20.9. The van der Waals surface area contributed by atoms with Crippen molar-refractivity contribution in [3.63, 3.8) is 0 Å². The molecule has 0 aliphatic rings. The van der Waals surface area contributed by atoms with Gasteiger partial charge in [-0.3, -0.25) is 0 Å². The minimum absolute atomic E-state index is 0.309. The molecule has 6 heteroatoms. The Hall–Kier alpha value is -3.02. The maximum absolute atomic E-state index is 14.3. The molecule has 0 aliphatic heterocycles. The van der Waals surface area contributed by atoms with E-state index < -0.39 is 28.9 Å². The number of alkyl halides is 6. The molecule has 0 N–H and O–H groups in total. The molecule has 0 aromatic heterocycles. The SMILES string of the molecule is FC(F)(F)C(c1ccc2ccccc2c1)(c1ccc2ccccc2c1)C(F)(F)F. The van der Waals surface area contributed by atoms with Crippen molar-refractivity contribution in [2.75, 3.05) is 0 Å². The fourth-order valence-corrected chi connectivity index (χ4v) is 3.83. The van der Waals surface area contributed by atoms with Crippen LogP contribution < -0.4 is 0 Å². The first-order valence-electron chi connectivity index (χ1n) is 8.76. The summed E-state index contributed by atoms with van der Waals surface area (Å²) in [4.78, 5) is 0. The number of hydrogen-bond acceptors (Lipinski definition) is 0. The summed E-state index contributed by atoms with van der Waals surface area (Å²) in [6, 6.07) is 19.1. The molecule has 0 saturated carbocycles. The van der Waals surface area contributed by atoms with Crippen LogP contribution in [0.5, 0.6) is 0 Å². The summed E-state index contributed by atoms with van der Waals surface area (Å²) < 4.78 is 85.9. The van der Waals surface area contributed by atoms with E-state index in [1.807, 2.05) is 0 Å². The topological polar surface area (TPSA) is 0 Å². The second-order valence-electron chi connectivity index (χ2n) is 6.87. The van der Waals surface area contributed by atoms with Gasteiger partial charge in [0.25, 0.3) is 0 Å². The lowest BCUT2D eigenvalue weighted by molar-refractivity contribution is -0.288. The normalized spacial score (nSPS) is 13.2. The predicted molar refractivity (Wildman–Crippen MR) is 101 cm³/mol. The molecule has 0 unspecified atom stereocenters. The van der Waals surface area contributed by atoms with Gasteiger partial charge in [-0.2, -0.15) is 26.3 Å². The molecule has 148 valence electrons. The maximum atomic E-state index is 14.3. The van der Waals surface area contributed by atoms with Crippen LogP contribution in [0, 0.1) is 0 Å². The van der Waals surface area contributed by atoms with Crippen LogP contribution in [-0.4, -0.2) is 12.4 Å². The monoisotopic (exact) mass is 404 g/mol. The summed E-state index contributed by atoms with van der Waals surface area (Å²) in [6.45, 7) is 0. The zero-order valence-corrected chi connectivity index (χ0v) is 14.9. The van der Waals surface area contributed by atoms with Gasteiger partial charge < -0.3 is 0 Å². The van der Waals surface area contributed by atoms with Crippen molar-refractivity contribution in [1.82, 2.24) is 0 Å². The van der Waals surface area contributed by atoms with E-state index in [-0.39, 0.29) is 0 Å². The number of rotatable bonds is 2. The lowest BCUT2D eigenvalue weighted by Crippen LogP contribution is -2.54. The summed E-state index contributed by atoms with van der Waals surface area (Å²) in [5.74, 6) is 0. The van der Waals surface area contributed by atoms with E-state index in [0.717, 1.165) is 24.3 Å². The number of halogens is 6. The first-order chi connectivity index (χ1) is 13.6. The van der Waals surface area contributed by atoms with Gasteiger partial charge in [0.2, 0.25) is 5.41 Å². The van der Waals surface area contributed by atoms with E-state index in [4.69, 9.17) is 0 Å². The van der Waals surface area contributed by atoms with Crippen molar-refractivity contribution in [2.45, 2.75) is 17.8 Å². The molecule has 4 aromatic rings. The highest BCUT2D eigenvalue weighted by molar-refractivity contribution is 5.85. The lowest BCUT2D eigenvalue weighted by Gasteiger charge is -2.38. The molecule has 0 atom stereocenters. The minimum atomic E-state index is -5.60. The van der Waals surface area contributed by atoms with E-state index in [2.05, 4.69) is 0 Å². The van der Waals surface area contributed by atoms with E-state index in [1.54, 1.807) is 36.4 Å². The molecule has 0 radical (unpaired) electrons. The average Bonchev–Trinajstić information content (AvgIpc) is 2.66. The Morgan fingerprint density at radius 3 is 1.10 bits per heavy atom. The van der Waals surface area contributed by atoms with E-state index in [0.29, 0.717) is 21.5 Å². The highest BCUT2D eigenvalue weighted by Crippen LogP contribution is 2.56. The molecule has 0 aliphatic carbocycles. The van der Waals surface area contributed by atoms with Crippen molar-refractivity contribution in [3.05, 3.63) is 96.1 Å². The van der Waals surface area contributed by atoms with E-state index in [1.165, 1.54) is 24.3 Å². The van der Waals surface area contributed by atoms with Gasteiger partial charge in [0.15, 0.2) is 0 Å². The Morgan fingerprint density at radius 2 is 0.759 bits per heavy atom. The number of fused-ring (bicyclic) bond motifs is 2. The van der Waals surface area contributed by atoms with Gasteiger partial charge in [-0.15, -0.1) is 0 Å². The van der Waals surface area contributed by atoms with Crippen molar-refractivity contribution in [3.8, 4) is 0 Å². The van der Waals surface area contributed by atoms with Crippen LogP contribution in [0.2, 0.25) is 0 Å². The first kappa shape index (κ1) is 19.3. The van der Waals surface area contributed by atoms with E-state index >= 15 is 0 Å². The molecule has 0 amide bonds. The third-order valence-corrected chi connectivity index (χ3v) is 5.22. The Morgan fingerprint density at radius 1 is 0.414 bits per heavy atom. The molecule has 0 saturated heterocycles. The Labute approximate surface area is 162 Å². The summed E-state index contributed by atoms with van der Waals surface area (Å²) in [5.41, 5.74) is -5.85. The van der Waals surface area contributed by atoms with Gasteiger partial charge in [0, 0.05) is 0 Å². The standard InChI is InChI=1S/C23H14F6/c24-22(25,26)21(23(27,28)29,19-11-9-15-5-1-3-7-17(15)13-19)20-12-10-16-6-2-4-8-18(16)14-20/h1-14H. The third-order valence-electron chi connectivity index (χ3n) is 5.22. The molecule has 0 heterocycles. The lowest BCUT2D eigenvalue weighted by atomic mass is 9.72. The summed E-state index contributed by atoms with van der Waals surface area (Å²) in [5, 5.41) is 1.74. The van der Waals surface area contributed by atoms with Gasteiger partial charge >= 0.3 is 12.4 Å². The number of hydrogen-bond donors (Lipinski definition) is 0. The summed E-state index contributed by atoms with van der Waals surface area (Å²) in [7, 11) is 0. The number of benzene rings is 4. The Bertz CT molecular complexity index is 1090. The third kappa shape index (κ3) is 2.94. The molecule has 4 rings (SSSR count). The predicted octanol–water partition coefficient (Wildman–Crippen LogP) is 7.40. The second-order valence-corrected chi connectivity index (χ2v) is 6.87. The molecule has 4 aromatic carbocycles. The maximum Gasteiger partial charge on any atom is 0.411 e. The Balaban J connectivity index is 2.10. The molecule has 29 heavy (non-hydrogen) atoms. The fourth-order valence-electron chi connectivity index (χ4n) is 3.83. The average molecular weight is 404 g/mol. The minimum Gasteiger partial charge on any atom is -0.169 e. The molecule has 0 fully saturated rings. The summed E-state index contributed by atoms with van der Waals surface area (Å²) >= 11 is 0. The molecular weight excluding hydrogens is 390 g/mol. The van der Waals surface area contributed by atoms with Crippen LogP contribution in [0.1, 0.15) is 11.1 Å². The Kier molecular flexibility index (Phi) is 4.33. The van der Waals surface area contributed by atoms with Crippen LogP contribution in [0.4, 0.5) is 26.3 Å². The largest absolute Gasteiger partial charge is 0.411 e.